The fraction of sp³-hybridized carbons (Fsp3) is 0. The highest BCUT2D eigenvalue weighted by Gasteiger charge is 2.21. The molecule has 2 heterocycles. The summed E-state index contributed by atoms with van der Waals surface area (Å²) >= 11 is 1.37. The number of esters is 1. The Labute approximate surface area is 219 Å². The van der Waals surface area contributed by atoms with Gasteiger partial charge in [0.2, 0.25) is 11.5 Å². The third-order valence-electron chi connectivity index (χ3n) is 4.84. The molecule has 4 rings (SSSR count). The number of ether oxygens (including phenoxy) is 1. The lowest BCUT2D eigenvalue weighted by molar-refractivity contribution is -0.385. The van der Waals surface area contributed by atoms with Crippen LogP contribution >= 0.6 is 11.3 Å². The molecule has 0 saturated carbocycles. The largest absolute Gasteiger partial charge is 0.457 e. The summed E-state index contributed by atoms with van der Waals surface area (Å²) in [6.07, 6.45) is 3.95. The lowest BCUT2D eigenvalue weighted by Crippen LogP contribution is -2.32. The molecule has 0 spiro atoms. The number of rotatable bonds is 9. The van der Waals surface area contributed by atoms with Crippen molar-refractivity contribution < 1.29 is 28.5 Å². The van der Waals surface area contributed by atoms with Gasteiger partial charge in [0.05, 0.1) is 17.4 Å². The van der Waals surface area contributed by atoms with Gasteiger partial charge < -0.3 is 14.5 Å². The minimum absolute atomic E-state index is 0.0513. The molecule has 2 N–H and O–H groups in total. The van der Waals surface area contributed by atoms with Crippen molar-refractivity contribution in [2.75, 3.05) is 0 Å². The van der Waals surface area contributed by atoms with E-state index >= 15 is 0 Å². The minimum atomic E-state index is -0.894. The molecular formula is C26H18N4O7S. The number of carbonyl (C=O) groups is 3. The SMILES string of the molecule is O=C(N/N=C\c1ccc(OC(=O)c2ccco2)c([N+](=O)[O-])c1)/C(=C\c1cccs1)NC(=O)c1ccccc1. The van der Waals surface area contributed by atoms with Crippen molar-refractivity contribution in [1.29, 1.82) is 0 Å². The van der Waals surface area contributed by atoms with E-state index in [1.54, 1.807) is 42.5 Å². The third-order valence-corrected chi connectivity index (χ3v) is 5.66. The average molecular weight is 531 g/mol. The van der Waals surface area contributed by atoms with Crippen molar-refractivity contribution in [3.05, 3.63) is 122 Å². The molecule has 2 aromatic carbocycles. The number of furan rings is 1. The second kappa shape index (κ2) is 12.1. The second-order valence-electron chi connectivity index (χ2n) is 7.44. The molecular weight excluding hydrogens is 512 g/mol. The minimum Gasteiger partial charge on any atom is -0.457 e. The molecule has 0 bridgehead atoms. The number of nitro groups is 1. The van der Waals surface area contributed by atoms with Crippen LogP contribution in [0.1, 0.15) is 31.4 Å². The molecule has 0 atom stereocenters. The first-order chi connectivity index (χ1) is 18.4. The molecule has 2 aromatic heterocycles. The predicted molar refractivity (Wildman–Crippen MR) is 139 cm³/mol. The lowest BCUT2D eigenvalue weighted by Gasteiger charge is -2.08. The first-order valence-electron chi connectivity index (χ1n) is 10.9. The molecule has 0 unspecified atom stereocenters. The van der Waals surface area contributed by atoms with Crippen LogP contribution in [0, 0.1) is 10.1 Å². The maximum atomic E-state index is 12.8. The van der Waals surface area contributed by atoms with Crippen molar-refractivity contribution in [1.82, 2.24) is 10.7 Å². The van der Waals surface area contributed by atoms with Crippen LogP contribution in [0.4, 0.5) is 5.69 Å². The van der Waals surface area contributed by atoms with E-state index in [9.17, 15) is 24.5 Å². The molecule has 0 saturated heterocycles. The van der Waals surface area contributed by atoms with Crippen molar-refractivity contribution in [3.63, 3.8) is 0 Å². The van der Waals surface area contributed by atoms with E-state index in [2.05, 4.69) is 15.8 Å². The number of hydrogen-bond donors (Lipinski definition) is 2. The van der Waals surface area contributed by atoms with Gasteiger partial charge in [-0.3, -0.25) is 19.7 Å². The standard InChI is InChI=1S/C26H18N4O7S/c31-24(18-6-2-1-3-7-18)28-20(15-19-8-5-13-38-19)25(32)29-27-16-17-10-11-22(21(14-17)30(34)35)37-26(33)23-9-4-12-36-23/h1-16H,(H,28,31)(H,29,32)/b20-15+,27-16-. The monoisotopic (exact) mass is 530 g/mol. The summed E-state index contributed by atoms with van der Waals surface area (Å²) in [6, 6.07) is 18.6. The zero-order valence-corrected chi connectivity index (χ0v) is 20.2. The quantitative estimate of drug-likeness (QED) is 0.0812. The molecule has 0 aliphatic carbocycles. The van der Waals surface area contributed by atoms with E-state index in [0.29, 0.717) is 5.56 Å². The summed E-state index contributed by atoms with van der Waals surface area (Å²) < 4.78 is 10.0. The smallest absolute Gasteiger partial charge is 0.379 e. The molecule has 2 amide bonds. The molecule has 11 nitrogen and oxygen atoms in total. The number of amides is 2. The molecule has 0 aliphatic rings. The van der Waals surface area contributed by atoms with Crippen LogP contribution in [-0.4, -0.2) is 28.9 Å². The van der Waals surface area contributed by atoms with E-state index in [1.807, 2.05) is 5.38 Å². The maximum Gasteiger partial charge on any atom is 0.379 e. The summed E-state index contributed by atoms with van der Waals surface area (Å²) in [5.74, 6) is -2.49. The summed E-state index contributed by atoms with van der Waals surface area (Å²) in [5.41, 5.74) is 2.36. The maximum absolute atomic E-state index is 12.8. The van der Waals surface area contributed by atoms with E-state index in [1.165, 1.54) is 54.2 Å². The number of hydrogen-bond acceptors (Lipinski definition) is 9. The first-order valence-corrected chi connectivity index (χ1v) is 11.8. The Morgan fingerprint density at radius 3 is 2.53 bits per heavy atom. The van der Waals surface area contributed by atoms with Crippen molar-refractivity contribution >= 4 is 47.1 Å². The van der Waals surface area contributed by atoms with Crippen LogP contribution in [0.25, 0.3) is 6.08 Å². The first kappa shape index (κ1) is 25.7. The molecule has 12 heteroatoms. The van der Waals surface area contributed by atoms with E-state index in [0.717, 1.165) is 10.9 Å². The Hall–Kier alpha value is -5.36. The van der Waals surface area contributed by atoms with Crippen LogP contribution < -0.4 is 15.5 Å². The van der Waals surface area contributed by atoms with E-state index in [4.69, 9.17) is 9.15 Å². The topological polar surface area (TPSA) is 153 Å². The van der Waals surface area contributed by atoms with E-state index in [-0.39, 0.29) is 22.8 Å². The van der Waals surface area contributed by atoms with Gasteiger partial charge in [-0.1, -0.05) is 24.3 Å². The van der Waals surface area contributed by atoms with Crippen LogP contribution in [0.15, 0.2) is 99.7 Å². The number of hydrazone groups is 1. The molecule has 0 aliphatic heterocycles. The van der Waals surface area contributed by atoms with Gasteiger partial charge in [0, 0.05) is 22.1 Å². The van der Waals surface area contributed by atoms with Gasteiger partial charge in [-0.2, -0.15) is 5.10 Å². The Balaban J connectivity index is 1.48. The van der Waals surface area contributed by atoms with Gasteiger partial charge in [0.1, 0.15) is 5.70 Å². The highest BCUT2D eigenvalue weighted by Crippen LogP contribution is 2.28. The Bertz CT molecular complexity index is 1510. The van der Waals surface area contributed by atoms with Crippen LogP contribution in [0.2, 0.25) is 0 Å². The Morgan fingerprint density at radius 1 is 1.03 bits per heavy atom. The molecule has 190 valence electrons. The predicted octanol–water partition coefficient (Wildman–Crippen LogP) is 4.39. The molecule has 0 fully saturated rings. The number of nitro benzene ring substituents is 1. The number of benzene rings is 2. The normalized spacial score (nSPS) is 11.2. The van der Waals surface area contributed by atoms with Crippen LogP contribution in [0.3, 0.4) is 0 Å². The molecule has 0 radical (unpaired) electrons. The highest BCUT2D eigenvalue weighted by atomic mass is 32.1. The Kier molecular flexibility index (Phi) is 8.16. The number of nitrogens with zero attached hydrogens (tertiary/aromatic N) is 2. The number of carbonyl (C=O) groups excluding carboxylic acids is 3. The number of nitrogens with one attached hydrogen (secondary N) is 2. The third kappa shape index (κ3) is 6.65. The van der Waals surface area contributed by atoms with E-state index < -0.39 is 28.4 Å². The van der Waals surface area contributed by atoms with Gasteiger partial charge in [0.25, 0.3) is 11.8 Å². The van der Waals surface area contributed by atoms with Crippen molar-refractivity contribution in [2.24, 2.45) is 5.10 Å². The second-order valence-corrected chi connectivity index (χ2v) is 8.42. The van der Waals surface area contributed by atoms with Crippen LogP contribution in [-0.2, 0) is 4.79 Å². The van der Waals surface area contributed by atoms with Gasteiger partial charge in [-0.05, 0) is 53.9 Å². The van der Waals surface area contributed by atoms with Crippen molar-refractivity contribution in [2.45, 2.75) is 0 Å². The fourth-order valence-electron chi connectivity index (χ4n) is 3.07. The summed E-state index contributed by atoms with van der Waals surface area (Å²) in [6.45, 7) is 0. The summed E-state index contributed by atoms with van der Waals surface area (Å²) in [5, 5.41) is 19.8. The van der Waals surface area contributed by atoms with Gasteiger partial charge in [0.15, 0.2) is 0 Å². The Morgan fingerprint density at radius 2 is 1.84 bits per heavy atom. The fourth-order valence-corrected chi connectivity index (χ4v) is 3.73. The number of thiophene rings is 1. The average Bonchev–Trinajstić information content (AvgIpc) is 3.64. The lowest BCUT2D eigenvalue weighted by atomic mass is 10.2. The van der Waals surface area contributed by atoms with Gasteiger partial charge >= 0.3 is 11.7 Å². The van der Waals surface area contributed by atoms with Gasteiger partial charge in [-0.15, -0.1) is 11.3 Å². The molecule has 4 aromatic rings. The molecule has 38 heavy (non-hydrogen) atoms. The van der Waals surface area contributed by atoms with Crippen molar-refractivity contribution in [3.8, 4) is 5.75 Å². The zero-order valence-electron chi connectivity index (χ0n) is 19.4. The van der Waals surface area contributed by atoms with Crippen LogP contribution in [0.5, 0.6) is 5.75 Å². The zero-order chi connectivity index (χ0) is 26.9. The summed E-state index contributed by atoms with van der Waals surface area (Å²) in [7, 11) is 0. The highest BCUT2D eigenvalue weighted by molar-refractivity contribution is 7.10. The summed E-state index contributed by atoms with van der Waals surface area (Å²) in [4.78, 5) is 49.0. The van der Waals surface area contributed by atoms with Gasteiger partial charge in [-0.25, -0.2) is 10.2 Å².